The van der Waals surface area contributed by atoms with E-state index in [1.54, 1.807) is 0 Å². The molecule has 0 spiro atoms. The molecule has 3 nitrogen and oxygen atoms in total. The zero-order valence-corrected chi connectivity index (χ0v) is 14.1. The minimum atomic E-state index is 0.544. The largest absolute Gasteiger partial charge is 0.460 e. The van der Waals surface area contributed by atoms with Crippen molar-refractivity contribution in [1.82, 2.24) is 10.2 Å². The van der Waals surface area contributed by atoms with Crippen LogP contribution in [0, 0.1) is 0 Å². The Morgan fingerprint density at radius 3 is 2.71 bits per heavy atom. The first kappa shape index (κ1) is 14.8. The van der Waals surface area contributed by atoms with Crippen LogP contribution in [-0.4, -0.2) is 30.1 Å². The molecule has 1 aromatic heterocycles. The van der Waals surface area contributed by atoms with E-state index in [4.69, 9.17) is 4.42 Å². The fourth-order valence-electron chi connectivity index (χ4n) is 2.75. The Balaban J connectivity index is 1.71. The molecule has 0 aliphatic carbocycles. The smallest absolute Gasteiger partial charge is 0.134 e. The van der Waals surface area contributed by atoms with Crippen molar-refractivity contribution in [3.8, 4) is 11.3 Å². The third-order valence-electron chi connectivity index (χ3n) is 4.04. The standard InChI is InChI=1S/C17H21BrN2O/c1-12-10-20(13(2)9-19-12)11-16-7-8-17(21-16)14-3-5-15(18)6-4-14/h3-8,12-13,19H,9-11H2,1-2H3. The fourth-order valence-corrected chi connectivity index (χ4v) is 3.01. The van der Waals surface area contributed by atoms with E-state index >= 15 is 0 Å². The van der Waals surface area contributed by atoms with E-state index < -0.39 is 0 Å². The number of furan rings is 1. The monoisotopic (exact) mass is 348 g/mol. The normalized spacial score (nSPS) is 23.4. The van der Waals surface area contributed by atoms with Crippen LogP contribution in [0.15, 0.2) is 45.3 Å². The number of nitrogens with zero attached hydrogens (tertiary/aromatic N) is 1. The topological polar surface area (TPSA) is 28.4 Å². The van der Waals surface area contributed by atoms with Crippen LogP contribution in [0.25, 0.3) is 11.3 Å². The number of hydrogen-bond acceptors (Lipinski definition) is 3. The second-order valence-corrected chi connectivity index (χ2v) is 6.78. The summed E-state index contributed by atoms with van der Waals surface area (Å²) in [6.07, 6.45) is 0. The first-order valence-electron chi connectivity index (χ1n) is 7.44. The van der Waals surface area contributed by atoms with Gasteiger partial charge in [0.2, 0.25) is 0 Å². The van der Waals surface area contributed by atoms with Crippen LogP contribution in [0.1, 0.15) is 19.6 Å². The van der Waals surface area contributed by atoms with Crippen molar-refractivity contribution in [3.63, 3.8) is 0 Å². The molecule has 0 radical (unpaired) electrons. The summed E-state index contributed by atoms with van der Waals surface area (Å²) in [5.74, 6) is 1.97. The quantitative estimate of drug-likeness (QED) is 0.911. The molecular formula is C17H21BrN2O. The zero-order valence-electron chi connectivity index (χ0n) is 12.5. The van der Waals surface area contributed by atoms with Gasteiger partial charge in [0, 0.05) is 35.2 Å². The molecule has 112 valence electrons. The molecule has 2 heterocycles. The minimum absolute atomic E-state index is 0.544. The molecule has 0 bridgehead atoms. The van der Waals surface area contributed by atoms with Gasteiger partial charge in [0.1, 0.15) is 11.5 Å². The highest BCUT2D eigenvalue weighted by Gasteiger charge is 2.23. The first-order valence-corrected chi connectivity index (χ1v) is 8.23. The lowest BCUT2D eigenvalue weighted by atomic mass is 10.1. The van der Waals surface area contributed by atoms with Crippen LogP contribution >= 0.6 is 15.9 Å². The van der Waals surface area contributed by atoms with Crippen molar-refractivity contribution in [1.29, 1.82) is 0 Å². The van der Waals surface area contributed by atoms with Gasteiger partial charge in [0.05, 0.1) is 6.54 Å². The van der Waals surface area contributed by atoms with Crippen LogP contribution in [0.2, 0.25) is 0 Å². The second kappa shape index (κ2) is 6.34. The molecule has 1 N–H and O–H groups in total. The summed E-state index contributed by atoms with van der Waals surface area (Å²) in [7, 11) is 0. The molecule has 21 heavy (non-hydrogen) atoms. The maximum atomic E-state index is 6.02. The Morgan fingerprint density at radius 1 is 1.19 bits per heavy atom. The molecule has 1 aliphatic rings. The SMILES string of the molecule is CC1CN(Cc2ccc(-c3ccc(Br)cc3)o2)C(C)CN1. The number of benzene rings is 1. The lowest BCUT2D eigenvalue weighted by molar-refractivity contribution is 0.129. The van der Waals surface area contributed by atoms with Crippen LogP contribution < -0.4 is 5.32 Å². The van der Waals surface area contributed by atoms with Crippen LogP contribution in [0.3, 0.4) is 0 Å². The highest BCUT2D eigenvalue weighted by Crippen LogP contribution is 2.25. The van der Waals surface area contributed by atoms with Crippen LogP contribution in [-0.2, 0) is 6.54 Å². The molecule has 1 saturated heterocycles. The van der Waals surface area contributed by atoms with Gasteiger partial charge >= 0.3 is 0 Å². The summed E-state index contributed by atoms with van der Waals surface area (Å²) >= 11 is 3.46. The Hall–Kier alpha value is -1.10. The summed E-state index contributed by atoms with van der Waals surface area (Å²) in [5, 5.41) is 3.51. The molecule has 2 atom stereocenters. The molecule has 0 amide bonds. The third kappa shape index (κ3) is 3.57. The molecular weight excluding hydrogens is 328 g/mol. The average Bonchev–Trinajstić information content (AvgIpc) is 2.92. The molecule has 1 aromatic carbocycles. The van der Waals surface area contributed by atoms with E-state index in [9.17, 15) is 0 Å². The van der Waals surface area contributed by atoms with Gasteiger partial charge < -0.3 is 9.73 Å². The summed E-state index contributed by atoms with van der Waals surface area (Å²) in [4.78, 5) is 2.48. The zero-order chi connectivity index (χ0) is 14.8. The second-order valence-electron chi connectivity index (χ2n) is 5.86. The summed E-state index contributed by atoms with van der Waals surface area (Å²) in [5.41, 5.74) is 1.12. The summed E-state index contributed by atoms with van der Waals surface area (Å²) in [6, 6.07) is 13.5. The maximum absolute atomic E-state index is 6.02. The highest BCUT2D eigenvalue weighted by molar-refractivity contribution is 9.10. The van der Waals surface area contributed by atoms with Crippen LogP contribution in [0.4, 0.5) is 0 Å². The molecule has 4 heteroatoms. The van der Waals surface area contributed by atoms with E-state index in [1.807, 2.05) is 12.1 Å². The lowest BCUT2D eigenvalue weighted by Gasteiger charge is -2.36. The Morgan fingerprint density at radius 2 is 1.95 bits per heavy atom. The van der Waals surface area contributed by atoms with Crippen molar-refractivity contribution in [2.75, 3.05) is 13.1 Å². The van der Waals surface area contributed by atoms with Gasteiger partial charge in [-0.05, 0) is 38.1 Å². The van der Waals surface area contributed by atoms with E-state index in [0.29, 0.717) is 12.1 Å². The van der Waals surface area contributed by atoms with Gasteiger partial charge in [-0.3, -0.25) is 4.90 Å². The Bertz CT molecular complexity index is 593. The van der Waals surface area contributed by atoms with Crippen molar-refractivity contribution in [2.24, 2.45) is 0 Å². The van der Waals surface area contributed by atoms with Gasteiger partial charge in [-0.15, -0.1) is 0 Å². The number of rotatable bonds is 3. The van der Waals surface area contributed by atoms with E-state index in [1.165, 1.54) is 0 Å². The molecule has 2 unspecified atom stereocenters. The molecule has 0 saturated carbocycles. The van der Waals surface area contributed by atoms with Gasteiger partial charge in [0.15, 0.2) is 0 Å². The molecule has 3 rings (SSSR count). The molecule has 1 aliphatic heterocycles. The third-order valence-corrected chi connectivity index (χ3v) is 4.57. The number of piperazine rings is 1. The fraction of sp³-hybridized carbons (Fsp3) is 0.412. The van der Waals surface area contributed by atoms with Gasteiger partial charge in [-0.2, -0.15) is 0 Å². The average molecular weight is 349 g/mol. The first-order chi connectivity index (χ1) is 10.1. The van der Waals surface area contributed by atoms with Gasteiger partial charge in [-0.1, -0.05) is 28.1 Å². The minimum Gasteiger partial charge on any atom is -0.460 e. The van der Waals surface area contributed by atoms with Gasteiger partial charge in [-0.25, -0.2) is 0 Å². The summed E-state index contributed by atoms with van der Waals surface area (Å²) < 4.78 is 7.10. The van der Waals surface area contributed by atoms with Crippen molar-refractivity contribution in [2.45, 2.75) is 32.5 Å². The van der Waals surface area contributed by atoms with Crippen molar-refractivity contribution >= 4 is 15.9 Å². The Kier molecular flexibility index (Phi) is 4.48. The van der Waals surface area contributed by atoms with E-state index in [-0.39, 0.29) is 0 Å². The lowest BCUT2D eigenvalue weighted by Crippen LogP contribution is -2.53. The van der Waals surface area contributed by atoms with E-state index in [0.717, 1.165) is 41.2 Å². The summed E-state index contributed by atoms with van der Waals surface area (Å²) in [6.45, 7) is 7.48. The van der Waals surface area contributed by atoms with Crippen LogP contribution in [0.5, 0.6) is 0 Å². The predicted molar refractivity (Wildman–Crippen MR) is 89.2 cm³/mol. The Labute approximate surface area is 134 Å². The van der Waals surface area contributed by atoms with Crippen molar-refractivity contribution in [3.05, 3.63) is 46.6 Å². The molecule has 1 fully saturated rings. The highest BCUT2D eigenvalue weighted by atomic mass is 79.9. The van der Waals surface area contributed by atoms with Gasteiger partial charge in [0.25, 0.3) is 0 Å². The maximum Gasteiger partial charge on any atom is 0.134 e. The number of nitrogens with one attached hydrogen (secondary N) is 1. The predicted octanol–water partition coefficient (Wildman–Crippen LogP) is 3.89. The number of halogens is 1. The number of hydrogen-bond donors (Lipinski definition) is 1. The molecule has 2 aromatic rings. The van der Waals surface area contributed by atoms with E-state index in [2.05, 4.69) is 64.3 Å². The van der Waals surface area contributed by atoms with Crippen molar-refractivity contribution < 1.29 is 4.42 Å².